The van der Waals surface area contributed by atoms with Gasteiger partial charge in [0.15, 0.2) is 6.10 Å². The Morgan fingerprint density at radius 2 is 1.74 bits per heavy atom. The minimum atomic E-state index is -0.602. The van der Waals surface area contributed by atoms with Gasteiger partial charge in [-0.2, -0.15) is 0 Å². The molecule has 0 aliphatic carbocycles. The fraction of sp³-hybridized carbons (Fsp3) is 0.320. The van der Waals surface area contributed by atoms with Crippen molar-refractivity contribution in [3.63, 3.8) is 0 Å². The fourth-order valence-corrected chi connectivity index (χ4v) is 3.22. The van der Waals surface area contributed by atoms with Crippen molar-refractivity contribution in [1.29, 1.82) is 0 Å². The molecular weight excluding hydrogens is 435 g/mol. The van der Waals surface area contributed by atoms with E-state index in [0.717, 1.165) is 22.4 Å². The summed E-state index contributed by atoms with van der Waals surface area (Å²) in [4.78, 5) is 12.0. The molecule has 0 saturated carbocycles. The lowest BCUT2D eigenvalue weighted by atomic mass is 10.1. The molecular formula is C25H26Cl2O4. The van der Waals surface area contributed by atoms with Crippen molar-refractivity contribution in [1.82, 2.24) is 0 Å². The summed E-state index contributed by atoms with van der Waals surface area (Å²) in [5, 5.41) is 1.11. The molecule has 4 nitrogen and oxygen atoms in total. The molecule has 6 heteroatoms. The van der Waals surface area contributed by atoms with E-state index in [-0.39, 0.29) is 5.97 Å². The third-order valence-corrected chi connectivity index (χ3v) is 4.60. The standard InChI is InChI=1S/C25H26Cl2O4/c1-4-29-24(25(28)30-5-2)16-19-8-10-23(11-9-19)31-13-12-18(3)6-7-20-14-21(26)17-22(27)15-20/h8-12,14-15,17,24H,4-5,13,16H2,1-3H3/b18-12+/t24-/m0/s1. The van der Waals surface area contributed by atoms with E-state index in [0.29, 0.717) is 36.3 Å². The Kier molecular flexibility index (Phi) is 10.5. The molecule has 0 aromatic heterocycles. The van der Waals surface area contributed by atoms with Crippen LogP contribution >= 0.6 is 23.2 Å². The number of hydrogen-bond acceptors (Lipinski definition) is 4. The van der Waals surface area contributed by atoms with Crippen LogP contribution in [0, 0.1) is 11.8 Å². The molecule has 2 rings (SSSR count). The highest BCUT2D eigenvalue weighted by molar-refractivity contribution is 6.34. The average molecular weight is 461 g/mol. The average Bonchev–Trinajstić information content (AvgIpc) is 2.72. The Morgan fingerprint density at radius 3 is 2.35 bits per heavy atom. The van der Waals surface area contributed by atoms with Gasteiger partial charge in [-0.3, -0.25) is 0 Å². The summed E-state index contributed by atoms with van der Waals surface area (Å²) in [7, 11) is 0. The first-order valence-corrected chi connectivity index (χ1v) is 10.8. The van der Waals surface area contributed by atoms with Gasteiger partial charge in [0.2, 0.25) is 0 Å². The Labute approximate surface area is 194 Å². The van der Waals surface area contributed by atoms with Crippen molar-refractivity contribution >= 4 is 29.2 Å². The number of benzene rings is 2. The van der Waals surface area contributed by atoms with Crippen LogP contribution in [-0.4, -0.2) is 31.9 Å². The predicted octanol–water partition coefficient (Wildman–Crippen LogP) is 5.88. The second-order valence-corrected chi connectivity index (χ2v) is 7.52. The Morgan fingerprint density at radius 1 is 1.06 bits per heavy atom. The lowest BCUT2D eigenvalue weighted by molar-refractivity contribution is -0.156. The molecule has 0 unspecified atom stereocenters. The molecule has 0 N–H and O–H groups in total. The van der Waals surface area contributed by atoms with Crippen LogP contribution in [0.5, 0.6) is 5.75 Å². The first-order valence-electron chi connectivity index (χ1n) is 10.1. The highest BCUT2D eigenvalue weighted by atomic mass is 35.5. The number of esters is 1. The minimum Gasteiger partial charge on any atom is -0.490 e. The largest absolute Gasteiger partial charge is 0.490 e. The lowest BCUT2D eigenvalue weighted by Crippen LogP contribution is -2.28. The van der Waals surface area contributed by atoms with Crippen LogP contribution in [0.3, 0.4) is 0 Å². The van der Waals surface area contributed by atoms with Crippen molar-refractivity contribution in [2.75, 3.05) is 19.8 Å². The van der Waals surface area contributed by atoms with E-state index in [1.807, 2.05) is 44.2 Å². The summed E-state index contributed by atoms with van der Waals surface area (Å²) in [5.41, 5.74) is 2.60. The van der Waals surface area contributed by atoms with Gasteiger partial charge in [0.25, 0.3) is 0 Å². The molecule has 0 saturated heterocycles. The zero-order valence-electron chi connectivity index (χ0n) is 17.9. The Bertz CT molecular complexity index is 935. The number of ether oxygens (including phenoxy) is 3. The number of carbonyl (C=O) groups excluding carboxylic acids is 1. The molecule has 164 valence electrons. The molecule has 0 aliphatic rings. The highest BCUT2D eigenvalue weighted by Gasteiger charge is 2.20. The molecule has 2 aromatic rings. The summed E-state index contributed by atoms with van der Waals surface area (Å²) in [5.74, 6) is 6.48. The maximum absolute atomic E-state index is 12.0. The molecule has 2 aromatic carbocycles. The van der Waals surface area contributed by atoms with E-state index in [1.165, 1.54) is 0 Å². The second kappa shape index (κ2) is 13.1. The summed E-state index contributed by atoms with van der Waals surface area (Å²) in [6.45, 7) is 6.72. The Hall–Kier alpha value is -2.45. The summed E-state index contributed by atoms with van der Waals surface area (Å²) >= 11 is 12.0. The highest BCUT2D eigenvalue weighted by Crippen LogP contribution is 2.18. The molecule has 0 spiro atoms. The maximum Gasteiger partial charge on any atom is 0.335 e. The van der Waals surface area contributed by atoms with Crippen molar-refractivity contribution in [2.45, 2.75) is 33.3 Å². The second-order valence-electron chi connectivity index (χ2n) is 6.65. The maximum atomic E-state index is 12.0. The first kappa shape index (κ1) is 24.8. The fourth-order valence-electron chi connectivity index (χ4n) is 2.69. The van der Waals surface area contributed by atoms with Gasteiger partial charge in [-0.15, -0.1) is 0 Å². The van der Waals surface area contributed by atoms with Crippen LogP contribution in [0.1, 0.15) is 31.9 Å². The van der Waals surface area contributed by atoms with Gasteiger partial charge in [0.1, 0.15) is 12.4 Å². The Balaban J connectivity index is 1.90. The summed E-state index contributed by atoms with van der Waals surface area (Å²) in [6.07, 6.45) is 1.75. The van der Waals surface area contributed by atoms with Crippen LogP contribution in [-0.2, 0) is 20.7 Å². The number of rotatable bonds is 9. The van der Waals surface area contributed by atoms with Crippen LogP contribution in [0.25, 0.3) is 0 Å². The number of hydrogen-bond donors (Lipinski definition) is 0. The lowest BCUT2D eigenvalue weighted by Gasteiger charge is -2.15. The van der Waals surface area contributed by atoms with Crippen LogP contribution in [0.15, 0.2) is 54.1 Å². The molecule has 0 heterocycles. The van der Waals surface area contributed by atoms with Crippen molar-refractivity contribution in [2.24, 2.45) is 0 Å². The quantitative estimate of drug-likeness (QED) is 0.346. The van der Waals surface area contributed by atoms with Crippen LogP contribution in [0.4, 0.5) is 0 Å². The van der Waals surface area contributed by atoms with E-state index < -0.39 is 6.10 Å². The summed E-state index contributed by atoms with van der Waals surface area (Å²) in [6, 6.07) is 12.8. The third-order valence-electron chi connectivity index (χ3n) is 4.17. The molecule has 31 heavy (non-hydrogen) atoms. The van der Waals surface area contributed by atoms with Gasteiger partial charge in [-0.1, -0.05) is 47.2 Å². The van der Waals surface area contributed by atoms with E-state index >= 15 is 0 Å². The van der Waals surface area contributed by atoms with Gasteiger partial charge >= 0.3 is 5.97 Å². The zero-order chi connectivity index (χ0) is 22.6. The zero-order valence-corrected chi connectivity index (χ0v) is 19.4. The third kappa shape index (κ3) is 9.06. The molecule has 1 atom stereocenters. The van der Waals surface area contributed by atoms with Gasteiger partial charge in [0.05, 0.1) is 6.61 Å². The molecule has 0 fully saturated rings. The van der Waals surface area contributed by atoms with E-state index in [4.69, 9.17) is 37.4 Å². The SMILES string of the molecule is CCOC(=O)[C@H](Cc1ccc(OC/C=C(\C)C#Cc2cc(Cl)cc(Cl)c2)cc1)OCC. The topological polar surface area (TPSA) is 44.8 Å². The molecule has 0 amide bonds. The monoisotopic (exact) mass is 460 g/mol. The number of halogens is 2. The predicted molar refractivity (Wildman–Crippen MR) is 125 cm³/mol. The minimum absolute atomic E-state index is 0.333. The first-order chi connectivity index (χ1) is 14.9. The molecule has 0 aliphatic heterocycles. The van der Waals surface area contributed by atoms with E-state index in [1.54, 1.807) is 25.1 Å². The van der Waals surface area contributed by atoms with Crippen LogP contribution < -0.4 is 4.74 Å². The van der Waals surface area contributed by atoms with Gasteiger partial charge < -0.3 is 14.2 Å². The summed E-state index contributed by atoms with van der Waals surface area (Å²) < 4.78 is 16.3. The van der Waals surface area contributed by atoms with Crippen molar-refractivity contribution < 1.29 is 19.0 Å². The molecule has 0 radical (unpaired) electrons. The normalized spacial score (nSPS) is 12.0. The van der Waals surface area contributed by atoms with Crippen molar-refractivity contribution in [3.05, 3.63) is 75.3 Å². The molecule has 0 bridgehead atoms. The number of carbonyl (C=O) groups is 1. The van der Waals surface area contributed by atoms with E-state index in [2.05, 4.69) is 11.8 Å². The van der Waals surface area contributed by atoms with Gasteiger partial charge in [0, 0.05) is 28.6 Å². The van der Waals surface area contributed by atoms with E-state index in [9.17, 15) is 4.79 Å². The number of allylic oxidation sites excluding steroid dienone is 1. The van der Waals surface area contributed by atoms with Crippen LogP contribution in [0.2, 0.25) is 10.0 Å². The van der Waals surface area contributed by atoms with Gasteiger partial charge in [-0.05, 0) is 68.3 Å². The smallest absolute Gasteiger partial charge is 0.335 e. The van der Waals surface area contributed by atoms with Crippen molar-refractivity contribution in [3.8, 4) is 17.6 Å². The van der Waals surface area contributed by atoms with Gasteiger partial charge in [-0.25, -0.2) is 4.79 Å².